The minimum absolute atomic E-state index is 0.297. The third-order valence-corrected chi connectivity index (χ3v) is 3.37. The average molecular weight is 298 g/mol. The Labute approximate surface area is 127 Å². The number of ether oxygens (including phenoxy) is 1. The lowest BCUT2D eigenvalue weighted by molar-refractivity contribution is 0.414. The second-order valence-electron chi connectivity index (χ2n) is 4.80. The number of nitrogens with zero attached hydrogens (tertiary/aromatic N) is 2. The number of nitrogens with two attached hydrogens (primary N) is 1. The van der Waals surface area contributed by atoms with Gasteiger partial charge < -0.3 is 10.5 Å². The fourth-order valence-corrected chi connectivity index (χ4v) is 2.11. The van der Waals surface area contributed by atoms with E-state index in [-0.39, 0.29) is 5.82 Å². The molecule has 1 aromatic heterocycles. The van der Waals surface area contributed by atoms with Gasteiger partial charge in [0.15, 0.2) is 5.82 Å². The smallest absolute Gasteiger partial charge is 0.181 e. The molecule has 3 rings (SSSR count). The van der Waals surface area contributed by atoms with Crippen LogP contribution in [0.2, 0.25) is 0 Å². The number of hydrogen-bond acceptors (Lipinski definition) is 4. The van der Waals surface area contributed by atoms with Crippen molar-refractivity contribution in [3.63, 3.8) is 0 Å². The van der Waals surface area contributed by atoms with Crippen molar-refractivity contribution in [3.8, 4) is 17.1 Å². The van der Waals surface area contributed by atoms with Crippen molar-refractivity contribution >= 4 is 0 Å². The van der Waals surface area contributed by atoms with Crippen LogP contribution in [0, 0.1) is 5.82 Å². The highest BCUT2D eigenvalue weighted by molar-refractivity contribution is 5.54. The lowest BCUT2D eigenvalue weighted by Gasteiger charge is -2.09. The van der Waals surface area contributed by atoms with Crippen LogP contribution in [0.15, 0.2) is 48.5 Å². The summed E-state index contributed by atoms with van der Waals surface area (Å²) >= 11 is 0. The molecular weight excluding hydrogens is 283 g/mol. The summed E-state index contributed by atoms with van der Waals surface area (Å²) in [6.45, 7) is 0. The Morgan fingerprint density at radius 1 is 1.09 bits per heavy atom. The molecule has 0 aliphatic heterocycles. The van der Waals surface area contributed by atoms with Crippen molar-refractivity contribution in [1.29, 1.82) is 0 Å². The standard InChI is InChI=1S/C16H15FN4O/c1-22-13-8-4-10(5-9-13)14(18)16-19-15(20-21-16)11-2-6-12(17)7-3-11/h2-9,14H,18H2,1H3,(H,19,20,21)/t14-/m0/s1. The Hall–Kier alpha value is -2.73. The summed E-state index contributed by atoms with van der Waals surface area (Å²) in [5, 5.41) is 6.97. The molecule has 0 bridgehead atoms. The number of halogens is 1. The molecule has 0 unspecified atom stereocenters. The van der Waals surface area contributed by atoms with Crippen LogP contribution in [-0.4, -0.2) is 22.3 Å². The van der Waals surface area contributed by atoms with Crippen LogP contribution in [0.3, 0.4) is 0 Å². The van der Waals surface area contributed by atoms with Gasteiger partial charge >= 0.3 is 0 Å². The van der Waals surface area contributed by atoms with Gasteiger partial charge in [-0.1, -0.05) is 12.1 Å². The first-order valence-corrected chi connectivity index (χ1v) is 6.75. The highest BCUT2D eigenvalue weighted by atomic mass is 19.1. The monoisotopic (exact) mass is 298 g/mol. The highest BCUT2D eigenvalue weighted by Crippen LogP contribution is 2.22. The number of methoxy groups -OCH3 is 1. The van der Waals surface area contributed by atoms with E-state index in [1.165, 1.54) is 12.1 Å². The van der Waals surface area contributed by atoms with Gasteiger partial charge in [0.1, 0.15) is 17.4 Å². The van der Waals surface area contributed by atoms with Crippen molar-refractivity contribution in [3.05, 3.63) is 65.7 Å². The molecule has 3 aromatic rings. The number of H-pyrrole nitrogens is 1. The number of hydrogen-bond donors (Lipinski definition) is 2. The Morgan fingerprint density at radius 2 is 1.77 bits per heavy atom. The van der Waals surface area contributed by atoms with Crippen LogP contribution in [0.5, 0.6) is 5.75 Å². The fourth-order valence-electron chi connectivity index (χ4n) is 2.11. The van der Waals surface area contributed by atoms with Crippen LogP contribution >= 0.6 is 0 Å². The number of aromatic nitrogens is 3. The predicted octanol–water partition coefficient (Wildman–Crippen LogP) is 2.67. The van der Waals surface area contributed by atoms with Crippen molar-refractivity contribution in [2.45, 2.75) is 6.04 Å². The molecule has 112 valence electrons. The lowest BCUT2D eigenvalue weighted by atomic mass is 10.1. The van der Waals surface area contributed by atoms with Crippen molar-refractivity contribution < 1.29 is 9.13 Å². The molecule has 2 aromatic carbocycles. The van der Waals surface area contributed by atoms with Gasteiger partial charge in [-0.3, -0.25) is 5.10 Å². The maximum atomic E-state index is 12.9. The molecule has 0 aliphatic carbocycles. The van der Waals surface area contributed by atoms with Crippen LogP contribution < -0.4 is 10.5 Å². The summed E-state index contributed by atoms with van der Waals surface area (Å²) in [5.74, 6) is 1.50. The summed E-state index contributed by atoms with van der Waals surface area (Å²) in [6, 6.07) is 13.0. The van der Waals surface area contributed by atoms with Gasteiger partial charge in [-0.05, 0) is 42.0 Å². The highest BCUT2D eigenvalue weighted by Gasteiger charge is 2.15. The number of benzene rings is 2. The Balaban J connectivity index is 1.84. The van der Waals surface area contributed by atoms with Gasteiger partial charge in [-0.25, -0.2) is 9.37 Å². The van der Waals surface area contributed by atoms with Gasteiger partial charge in [0.25, 0.3) is 0 Å². The molecule has 0 amide bonds. The molecule has 0 saturated heterocycles. The van der Waals surface area contributed by atoms with E-state index in [1.807, 2.05) is 24.3 Å². The van der Waals surface area contributed by atoms with Gasteiger partial charge in [-0.2, -0.15) is 5.10 Å². The molecule has 0 saturated carbocycles. The fraction of sp³-hybridized carbons (Fsp3) is 0.125. The van der Waals surface area contributed by atoms with Crippen LogP contribution in [-0.2, 0) is 0 Å². The van der Waals surface area contributed by atoms with E-state index in [4.69, 9.17) is 10.5 Å². The summed E-state index contributed by atoms with van der Waals surface area (Å²) in [4.78, 5) is 4.38. The minimum Gasteiger partial charge on any atom is -0.497 e. The molecule has 0 fully saturated rings. The van der Waals surface area contributed by atoms with E-state index in [9.17, 15) is 4.39 Å². The van der Waals surface area contributed by atoms with E-state index in [2.05, 4.69) is 15.2 Å². The van der Waals surface area contributed by atoms with Crippen LogP contribution in [0.1, 0.15) is 17.4 Å². The summed E-state index contributed by atoms with van der Waals surface area (Å²) < 4.78 is 18.1. The largest absolute Gasteiger partial charge is 0.497 e. The first kappa shape index (κ1) is 14.2. The molecule has 3 N–H and O–H groups in total. The summed E-state index contributed by atoms with van der Waals surface area (Å²) in [6.07, 6.45) is 0. The Kier molecular flexibility index (Phi) is 3.84. The first-order valence-electron chi connectivity index (χ1n) is 6.75. The van der Waals surface area contributed by atoms with Crippen molar-refractivity contribution in [1.82, 2.24) is 15.2 Å². The van der Waals surface area contributed by atoms with E-state index >= 15 is 0 Å². The molecule has 1 heterocycles. The zero-order valence-corrected chi connectivity index (χ0v) is 12.0. The molecular formula is C16H15FN4O. The third-order valence-electron chi connectivity index (χ3n) is 3.37. The number of nitrogens with one attached hydrogen (secondary N) is 1. The van der Waals surface area contributed by atoms with Crippen LogP contribution in [0.4, 0.5) is 4.39 Å². The van der Waals surface area contributed by atoms with E-state index < -0.39 is 6.04 Å². The Bertz CT molecular complexity index is 753. The third kappa shape index (κ3) is 2.82. The van der Waals surface area contributed by atoms with E-state index in [0.29, 0.717) is 11.6 Å². The quantitative estimate of drug-likeness (QED) is 0.776. The van der Waals surface area contributed by atoms with Gasteiger partial charge in [0, 0.05) is 5.56 Å². The van der Waals surface area contributed by atoms with Crippen molar-refractivity contribution in [2.24, 2.45) is 5.73 Å². The normalized spacial score (nSPS) is 12.1. The number of rotatable bonds is 4. The molecule has 6 heteroatoms. The summed E-state index contributed by atoms with van der Waals surface area (Å²) in [5.41, 5.74) is 7.81. The lowest BCUT2D eigenvalue weighted by Crippen LogP contribution is -2.13. The maximum absolute atomic E-state index is 12.9. The SMILES string of the molecule is COc1ccc([C@H](N)c2nc(-c3ccc(F)cc3)n[nH]2)cc1. The first-order chi connectivity index (χ1) is 10.7. The molecule has 0 spiro atoms. The maximum Gasteiger partial charge on any atom is 0.181 e. The summed E-state index contributed by atoms with van der Waals surface area (Å²) in [7, 11) is 1.61. The second kappa shape index (κ2) is 5.95. The predicted molar refractivity (Wildman–Crippen MR) is 80.8 cm³/mol. The zero-order chi connectivity index (χ0) is 15.5. The minimum atomic E-state index is -0.424. The number of aromatic amines is 1. The molecule has 0 radical (unpaired) electrons. The zero-order valence-electron chi connectivity index (χ0n) is 12.0. The van der Waals surface area contributed by atoms with Gasteiger partial charge in [0.2, 0.25) is 0 Å². The molecule has 0 aliphatic rings. The molecule has 5 nitrogen and oxygen atoms in total. The topological polar surface area (TPSA) is 76.8 Å². The average Bonchev–Trinajstić information content (AvgIpc) is 3.05. The van der Waals surface area contributed by atoms with Crippen LogP contribution in [0.25, 0.3) is 11.4 Å². The van der Waals surface area contributed by atoms with E-state index in [1.54, 1.807) is 19.2 Å². The van der Waals surface area contributed by atoms with Gasteiger partial charge in [0.05, 0.1) is 13.2 Å². The second-order valence-corrected chi connectivity index (χ2v) is 4.80. The van der Waals surface area contributed by atoms with Crippen molar-refractivity contribution in [2.75, 3.05) is 7.11 Å². The van der Waals surface area contributed by atoms with Gasteiger partial charge in [-0.15, -0.1) is 0 Å². The Morgan fingerprint density at radius 3 is 2.41 bits per heavy atom. The molecule has 22 heavy (non-hydrogen) atoms. The van der Waals surface area contributed by atoms with E-state index in [0.717, 1.165) is 16.9 Å². The molecule has 1 atom stereocenters.